The third kappa shape index (κ3) is 9.89. The van der Waals surface area contributed by atoms with Crippen molar-refractivity contribution >= 4 is 97.7 Å². The van der Waals surface area contributed by atoms with Crippen LogP contribution in [-0.4, -0.2) is 74.3 Å². The summed E-state index contributed by atoms with van der Waals surface area (Å²) in [6.07, 6.45) is 1.98. The van der Waals surface area contributed by atoms with E-state index in [9.17, 15) is 9.59 Å². The molecule has 0 spiro atoms. The molecule has 20 heteroatoms. The van der Waals surface area contributed by atoms with Gasteiger partial charge in [0.25, 0.3) is 0 Å². The van der Waals surface area contributed by atoms with E-state index in [0.29, 0.717) is 47.5 Å². The van der Waals surface area contributed by atoms with E-state index in [4.69, 9.17) is 17.3 Å². The first-order valence-electron chi connectivity index (χ1n) is 23.2. The summed E-state index contributed by atoms with van der Waals surface area (Å²) in [5.41, 5.74) is 13.2. The molecule has 12 rings (SSSR count). The molecule has 0 unspecified atom stereocenters. The summed E-state index contributed by atoms with van der Waals surface area (Å²) in [6, 6.07) is 25.0. The Labute approximate surface area is 427 Å². The van der Waals surface area contributed by atoms with Crippen LogP contribution in [0.15, 0.2) is 83.6 Å². The number of carbonyl (C=O) groups excluding carboxylic acids is 2. The van der Waals surface area contributed by atoms with Crippen LogP contribution in [0, 0.1) is 13.8 Å². The van der Waals surface area contributed by atoms with Gasteiger partial charge in [-0.2, -0.15) is 23.7 Å². The number of hydrogen-bond donors (Lipinski definition) is 6. The van der Waals surface area contributed by atoms with Gasteiger partial charge in [0, 0.05) is 35.0 Å². The van der Waals surface area contributed by atoms with Crippen LogP contribution >= 0.6 is 47.8 Å². The fourth-order valence-corrected chi connectivity index (χ4v) is 11.1. The largest absolute Gasteiger partial charge is 0.382 e. The highest BCUT2D eigenvalue weighted by atomic mass is 35.5. The van der Waals surface area contributed by atoms with Crippen LogP contribution in [0.3, 0.4) is 0 Å². The van der Waals surface area contributed by atoms with E-state index in [1.54, 1.807) is 22.7 Å². The molecule has 4 atom stereocenters. The zero-order chi connectivity index (χ0) is 48.8. The molecule has 2 aliphatic carbocycles. The van der Waals surface area contributed by atoms with Gasteiger partial charge in [-0.05, 0) is 88.4 Å². The van der Waals surface area contributed by atoms with Gasteiger partial charge >= 0.3 is 12.1 Å². The number of hydrogen-bond acceptors (Lipinski definition) is 12. The summed E-state index contributed by atoms with van der Waals surface area (Å²) < 4.78 is 1.96. The predicted molar refractivity (Wildman–Crippen MR) is 285 cm³/mol. The van der Waals surface area contributed by atoms with E-state index in [1.165, 1.54) is 11.1 Å². The Morgan fingerprint density at radius 3 is 1.69 bits per heavy atom. The number of nitrogens with two attached hydrogens (primary N) is 1. The number of H-pyrrole nitrogens is 2. The van der Waals surface area contributed by atoms with E-state index in [2.05, 4.69) is 80.5 Å². The molecule has 16 nitrogen and oxygen atoms in total. The van der Waals surface area contributed by atoms with Gasteiger partial charge in [0.15, 0.2) is 22.6 Å². The molecule has 7 N–H and O–H groups in total. The first kappa shape index (κ1) is 50.1. The summed E-state index contributed by atoms with van der Waals surface area (Å²) in [5, 5.41) is 29.0. The summed E-state index contributed by atoms with van der Waals surface area (Å²) in [4.78, 5) is 47.0. The highest BCUT2D eigenvalue weighted by Crippen LogP contribution is 2.45. The summed E-state index contributed by atoms with van der Waals surface area (Å²) in [7, 11) is 0. The van der Waals surface area contributed by atoms with Crippen molar-refractivity contribution in [2.24, 2.45) is 0 Å². The lowest BCUT2D eigenvalue weighted by Crippen LogP contribution is -2.47. The van der Waals surface area contributed by atoms with E-state index in [-0.39, 0.29) is 37.6 Å². The molecule has 2 aliphatic heterocycles. The summed E-state index contributed by atoms with van der Waals surface area (Å²) in [6.45, 7) is 16.8. The van der Waals surface area contributed by atoms with Gasteiger partial charge in [0.1, 0.15) is 11.6 Å². The Bertz CT molecular complexity index is 3130. The smallest absolute Gasteiger partial charge is 0.318 e. The van der Waals surface area contributed by atoms with E-state index in [1.807, 2.05) is 124 Å². The lowest BCUT2D eigenvalue weighted by atomic mass is 10.0. The Kier molecular flexibility index (Phi) is 14.5. The molecule has 8 aromatic rings. The van der Waals surface area contributed by atoms with Crippen LogP contribution in [-0.2, 0) is 24.2 Å². The van der Waals surface area contributed by atoms with Crippen LogP contribution in [0.1, 0.15) is 112 Å². The molecular weight excluding hydrogens is 960 g/mol. The van der Waals surface area contributed by atoms with Crippen molar-refractivity contribution in [1.82, 2.24) is 60.8 Å². The van der Waals surface area contributed by atoms with Crippen LogP contribution in [0.4, 0.5) is 27.0 Å². The first-order chi connectivity index (χ1) is 33.2. The van der Waals surface area contributed by atoms with Gasteiger partial charge in [-0.1, -0.05) is 86.1 Å². The Morgan fingerprint density at radius 1 is 0.671 bits per heavy atom. The number of urea groups is 2. The quantitative estimate of drug-likeness (QED) is 0.0868. The maximum Gasteiger partial charge on any atom is 0.318 e. The normalized spacial score (nSPS) is 19.5. The van der Waals surface area contributed by atoms with Crippen LogP contribution in [0.5, 0.6) is 0 Å². The van der Waals surface area contributed by atoms with Crippen molar-refractivity contribution in [2.75, 3.05) is 11.1 Å². The molecule has 6 aromatic heterocycles. The zero-order valence-corrected chi connectivity index (χ0v) is 43.8. The summed E-state index contributed by atoms with van der Waals surface area (Å²) in [5.74, 6) is 4.18. The fourth-order valence-electron chi connectivity index (χ4n) is 9.24. The topological polar surface area (TPSA) is 212 Å². The SMILES string of the molecule is CC.CC1(C)c2[nH]nc(N)c2CN1C(=O)N[C@@H]1C[C@H]1c1ccccc1.Cc1nc(Cl)c2sccc2n1.Cc1nc(Nc2n[nH]c3c2CN(C(=O)N[C@@H]2C[C@H]2c2ccccc2)C3(C)C)c2sccc2n1.S. The minimum atomic E-state index is -0.497. The van der Waals surface area contributed by atoms with Gasteiger partial charge < -0.3 is 31.5 Å². The van der Waals surface area contributed by atoms with Crippen molar-refractivity contribution in [1.29, 1.82) is 0 Å². The molecule has 2 saturated carbocycles. The zero-order valence-electron chi connectivity index (χ0n) is 40.4. The molecule has 2 fully saturated rings. The number of anilines is 3. The third-order valence-electron chi connectivity index (χ3n) is 13.1. The number of halogens is 1. The van der Waals surface area contributed by atoms with E-state index >= 15 is 0 Å². The number of aryl methyl sites for hydroxylation is 2. The van der Waals surface area contributed by atoms with Gasteiger partial charge in [0.05, 0.1) is 56.0 Å². The van der Waals surface area contributed by atoms with Crippen LogP contribution < -0.4 is 21.7 Å². The van der Waals surface area contributed by atoms with E-state index in [0.717, 1.165) is 67.4 Å². The second kappa shape index (κ2) is 20.2. The molecule has 4 aliphatic rings. The lowest BCUT2D eigenvalue weighted by Gasteiger charge is -2.32. The number of fused-ring (bicyclic) bond motifs is 4. The van der Waals surface area contributed by atoms with Crippen LogP contribution in [0.2, 0.25) is 5.15 Å². The second-order valence-electron chi connectivity index (χ2n) is 18.4. The number of aromatic amines is 2. The number of amides is 4. The molecule has 0 saturated heterocycles. The maximum absolute atomic E-state index is 13.3. The third-order valence-corrected chi connectivity index (χ3v) is 15.3. The number of nitrogens with one attached hydrogen (secondary N) is 5. The van der Waals surface area contributed by atoms with Gasteiger partial charge in [-0.3, -0.25) is 10.2 Å². The summed E-state index contributed by atoms with van der Waals surface area (Å²) >= 11 is 9.02. The minimum absolute atomic E-state index is 0. The molecule has 4 amide bonds. The van der Waals surface area contributed by atoms with Crippen molar-refractivity contribution in [3.05, 3.63) is 134 Å². The van der Waals surface area contributed by atoms with Crippen molar-refractivity contribution in [3.63, 3.8) is 0 Å². The Morgan fingerprint density at radius 2 is 1.14 bits per heavy atom. The number of aromatic nitrogens is 8. The average Bonchev–Trinajstić information content (AvgIpc) is 3.73. The van der Waals surface area contributed by atoms with Gasteiger partial charge in [0.2, 0.25) is 0 Å². The molecule has 366 valence electrons. The van der Waals surface area contributed by atoms with Crippen molar-refractivity contribution in [3.8, 4) is 0 Å². The minimum Gasteiger partial charge on any atom is -0.382 e. The molecule has 0 bridgehead atoms. The molecule has 0 radical (unpaired) electrons. The second-order valence-corrected chi connectivity index (χ2v) is 20.6. The molecule has 8 heterocycles. The van der Waals surface area contributed by atoms with Gasteiger partial charge in [-0.25, -0.2) is 29.5 Å². The molecule has 2 aromatic carbocycles. The number of benzene rings is 2. The maximum atomic E-state index is 13.3. The number of nitrogens with zero attached hydrogens (tertiary/aromatic N) is 8. The monoisotopic (exact) mass is 1020 g/mol. The predicted octanol–water partition coefficient (Wildman–Crippen LogP) is 10.9. The molecular formula is C50H59ClN14O2S3. The van der Waals surface area contributed by atoms with Crippen molar-refractivity contribution in [2.45, 2.75) is 116 Å². The number of rotatable bonds is 6. The lowest BCUT2D eigenvalue weighted by molar-refractivity contribution is 0.141. The number of carbonyl (C=O) groups is 2. The molecule has 70 heavy (non-hydrogen) atoms. The fraction of sp³-hybridized carbons (Fsp3) is 0.360. The van der Waals surface area contributed by atoms with Crippen LogP contribution in [0.25, 0.3) is 20.4 Å². The number of thiophene rings is 2. The Balaban J connectivity index is 0.000000154. The first-order valence-corrected chi connectivity index (χ1v) is 25.3. The standard InChI is InChI=1S/C24H25N7OS.C17H21N5O.C7H5ClN2S.C2H6.H2S/c1-13-25-17-9-10-33-19(17)22(26-13)28-21-16-12-31(24(2,3)20(16)29-30-21)23(32)27-18-11-15(18)14-7-5-4-6-8-14;1-17(2)14-12(15(18)21-20-14)9-22(17)16(23)19-13-8-11(13)10-6-4-3-5-7-10;1-4-9-5-2-3-11-6(5)7(8)10-4;1-2;/h4-10,15,18H,11-12H2,1-3H3,(H,27,32)(H2,25,26,28,29,30);3-7,11,13H,8-9H2,1-2H3,(H,19,23)(H3,18,20,21);2-3H,1H3;1-2H3;1H2/t15-,18+;11-,13+;;;/m00.../s1. The Hall–Kier alpha value is -6.28. The van der Waals surface area contributed by atoms with Gasteiger partial charge in [-0.15, -0.1) is 22.7 Å². The van der Waals surface area contributed by atoms with Crippen molar-refractivity contribution < 1.29 is 9.59 Å². The average molecular weight is 1020 g/mol. The highest BCUT2D eigenvalue weighted by molar-refractivity contribution is 7.59. The van der Waals surface area contributed by atoms with E-state index < -0.39 is 11.1 Å². The number of nitrogen functional groups attached to an aromatic ring is 1. The highest BCUT2D eigenvalue weighted by Gasteiger charge is 2.48.